The maximum Gasteiger partial charge on any atom is 0.376 e. The third-order valence-corrected chi connectivity index (χ3v) is 3.29. The van der Waals surface area contributed by atoms with Gasteiger partial charge in [0.15, 0.2) is 0 Å². The van der Waals surface area contributed by atoms with Gasteiger partial charge in [0.1, 0.15) is 5.82 Å². The van der Waals surface area contributed by atoms with Crippen molar-refractivity contribution in [2.75, 3.05) is 18.6 Å². The Balaban J connectivity index is 2.25. The van der Waals surface area contributed by atoms with Crippen molar-refractivity contribution in [2.45, 2.75) is 32.2 Å². The molecular formula is C13H18N4O2S. The molecule has 0 aliphatic heterocycles. The van der Waals surface area contributed by atoms with Gasteiger partial charge in [0.2, 0.25) is 5.82 Å². The number of thiocarbonyl (C=S) groups is 1. The van der Waals surface area contributed by atoms with Crippen molar-refractivity contribution >= 4 is 29.0 Å². The van der Waals surface area contributed by atoms with E-state index in [4.69, 9.17) is 18.0 Å². The lowest BCUT2D eigenvalue weighted by atomic mass is 10.3. The molecule has 1 aliphatic carbocycles. The van der Waals surface area contributed by atoms with Crippen LogP contribution in [0.1, 0.15) is 35.6 Å². The number of nitrogens with two attached hydrogens (primary N) is 1. The number of ether oxygens (including phenoxy) is 1. The molecule has 1 aliphatic rings. The highest BCUT2D eigenvalue weighted by molar-refractivity contribution is 7.80. The summed E-state index contributed by atoms with van der Waals surface area (Å²) in [6, 6.07) is 2.31. The summed E-state index contributed by atoms with van der Waals surface area (Å²) in [5, 5.41) is 0. The molecule has 1 fully saturated rings. The Kier molecular flexibility index (Phi) is 4.49. The minimum absolute atomic E-state index is 0.0866. The standard InChI is InChI=1S/C13H18N4O2S/c1-8-7-11(16-12(15-8)13(18)19-2)17(9-3-4-9)6-5-10(14)20/h7,9H,3-6H2,1-2H3,(H2,14,20). The SMILES string of the molecule is COC(=O)c1nc(C)cc(N(CCC(N)=S)C2CC2)n1. The van der Waals surface area contributed by atoms with Crippen molar-refractivity contribution in [2.24, 2.45) is 5.73 Å². The van der Waals surface area contributed by atoms with Gasteiger partial charge in [-0.1, -0.05) is 12.2 Å². The average Bonchev–Trinajstić information content (AvgIpc) is 3.21. The van der Waals surface area contributed by atoms with Crippen molar-refractivity contribution in [3.8, 4) is 0 Å². The van der Waals surface area contributed by atoms with Crippen molar-refractivity contribution in [1.82, 2.24) is 9.97 Å². The molecule has 0 atom stereocenters. The lowest BCUT2D eigenvalue weighted by Crippen LogP contribution is -2.31. The summed E-state index contributed by atoms with van der Waals surface area (Å²) >= 11 is 4.93. The van der Waals surface area contributed by atoms with Crippen molar-refractivity contribution < 1.29 is 9.53 Å². The van der Waals surface area contributed by atoms with Gasteiger partial charge in [-0.3, -0.25) is 0 Å². The summed E-state index contributed by atoms with van der Waals surface area (Å²) in [7, 11) is 1.32. The smallest absolute Gasteiger partial charge is 0.376 e. The molecular weight excluding hydrogens is 276 g/mol. The molecule has 0 bridgehead atoms. The predicted molar refractivity (Wildman–Crippen MR) is 79.9 cm³/mol. The van der Waals surface area contributed by atoms with Gasteiger partial charge in [-0.15, -0.1) is 0 Å². The van der Waals surface area contributed by atoms with E-state index in [1.807, 2.05) is 13.0 Å². The number of esters is 1. The van der Waals surface area contributed by atoms with E-state index in [9.17, 15) is 4.79 Å². The summed E-state index contributed by atoms with van der Waals surface area (Å²) < 4.78 is 4.68. The lowest BCUT2D eigenvalue weighted by molar-refractivity contribution is 0.0586. The van der Waals surface area contributed by atoms with E-state index in [2.05, 4.69) is 19.6 Å². The number of methoxy groups -OCH3 is 1. The fraction of sp³-hybridized carbons (Fsp3) is 0.538. The molecule has 108 valence electrons. The molecule has 1 aromatic rings. The number of rotatable bonds is 6. The zero-order valence-corrected chi connectivity index (χ0v) is 12.4. The summed E-state index contributed by atoms with van der Waals surface area (Å²) in [6.07, 6.45) is 2.87. The van der Waals surface area contributed by atoms with Crippen molar-refractivity contribution in [3.05, 3.63) is 17.6 Å². The zero-order valence-electron chi connectivity index (χ0n) is 11.6. The third kappa shape index (κ3) is 3.63. The molecule has 0 unspecified atom stereocenters. The van der Waals surface area contributed by atoms with Gasteiger partial charge < -0.3 is 15.4 Å². The Labute approximate surface area is 123 Å². The van der Waals surface area contributed by atoms with Crippen LogP contribution < -0.4 is 10.6 Å². The van der Waals surface area contributed by atoms with Crippen LogP contribution >= 0.6 is 12.2 Å². The number of aryl methyl sites for hydroxylation is 1. The van der Waals surface area contributed by atoms with E-state index < -0.39 is 5.97 Å². The second-order valence-corrected chi connectivity index (χ2v) is 5.35. The van der Waals surface area contributed by atoms with Crippen LogP contribution in [0.25, 0.3) is 0 Å². The number of anilines is 1. The first kappa shape index (κ1) is 14.6. The van der Waals surface area contributed by atoms with Crippen LogP contribution in [-0.4, -0.2) is 40.6 Å². The van der Waals surface area contributed by atoms with Gasteiger partial charge in [-0.2, -0.15) is 0 Å². The Morgan fingerprint density at radius 1 is 1.55 bits per heavy atom. The van der Waals surface area contributed by atoms with Crippen LogP contribution in [0.15, 0.2) is 6.07 Å². The van der Waals surface area contributed by atoms with E-state index >= 15 is 0 Å². The van der Waals surface area contributed by atoms with Crippen molar-refractivity contribution in [3.63, 3.8) is 0 Å². The maximum absolute atomic E-state index is 11.6. The summed E-state index contributed by atoms with van der Waals surface area (Å²) in [6.45, 7) is 2.54. The Hall–Kier alpha value is -1.76. The van der Waals surface area contributed by atoms with E-state index in [0.717, 1.165) is 24.4 Å². The normalized spacial score (nSPS) is 13.9. The van der Waals surface area contributed by atoms with Crippen LogP contribution in [0.4, 0.5) is 5.82 Å². The largest absolute Gasteiger partial charge is 0.463 e. The second kappa shape index (κ2) is 6.13. The number of aromatic nitrogens is 2. The number of hydrogen-bond donors (Lipinski definition) is 1. The molecule has 0 aromatic carbocycles. The molecule has 0 amide bonds. The fourth-order valence-electron chi connectivity index (χ4n) is 1.98. The average molecular weight is 294 g/mol. The lowest BCUT2D eigenvalue weighted by Gasteiger charge is -2.23. The Morgan fingerprint density at radius 2 is 2.25 bits per heavy atom. The first-order valence-electron chi connectivity index (χ1n) is 6.50. The molecule has 0 saturated heterocycles. The van der Waals surface area contributed by atoms with E-state index in [1.54, 1.807) is 0 Å². The number of hydrogen-bond acceptors (Lipinski definition) is 6. The molecule has 1 heterocycles. The highest BCUT2D eigenvalue weighted by atomic mass is 32.1. The molecule has 6 nitrogen and oxygen atoms in total. The number of nitrogens with zero attached hydrogens (tertiary/aromatic N) is 3. The molecule has 1 saturated carbocycles. The zero-order chi connectivity index (χ0) is 14.7. The van der Waals surface area contributed by atoms with Crippen LogP contribution in [0.2, 0.25) is 0 Å². The molecule has 0 spiro atoms. The predicted octanol–water partition coefficient (Wildman–Crippen LogP) is 1.22. The van der Waals surface area contributed by atoms with Crippen LogP contribution in [0, 0.1) is 6.92 Å². The molecule has 1 aromatic heterocycles. The van der Waals surface area contributed by atoms with Crippen LogP contribution in [0.5, 0.6) is 0 Å². The molecule has 2 N–H and O–H groups in total. The van der Waals surface area contributed by atoms with Gasteiger partial charge >= 0.3 is 5.97 Å². The third-order valence-electron chi connectivity index (χ3n) is 3.09. The first-order valence-corrected chi connectivity index (χ1v) is 6.91. The molecule has 20 heavy (non-hydrogen) atoms. The highest BCUT2D eigenvalue weighted by Crippen LogP contribution is 2.31. The van der Waals surface area contributed by atoms with Gasteiger partial charge in [0, 0.05) is 30.8 Å². The second-order valence-electron chi connectivity index (χ2n) is 4.82. The highest BCUT2D eigenvalue weighted by Gasteiger charge is 2.30. The summed E-state index contributed by atoms with van der Waals surface area (Å²) in [5.74, 6) is 0.292. The van der Waals surface area contributed by atoms with Gasteiger partial charge in [0.05, 0.1) is 12.1 Å². The Morgan fingerprint density at radius 3 is 2.80 bits per heavy atom. The minimum Gasteiger partial charge on any atom is -0.463 e. The molecule has 2 rings (SSSR count). The van der Waals surface area contributed by atoms with E-state index in [-0.39, 0.29) is 5.82 Å². The summed E-state index contributed by atoms with van der Waals surface area (Å²) in [5.41, 5.74) is 6.30. The van der Waals surface area contributed by atoms with Gasteiger partial charge in [-0.05, 0) is 19.8 Å². The van der Waals surface area contributed by atoms with Gasteiger partial charge in [-0.25, -0.2) is 14.8 Å². The quantitative estimate of drug-likeness (QED) is 0.624. The topological polar surface area (TPSA) is 81.3 Å². The molecule has 7 heteroatoms. The number of carbonyl (C=O) groups is 1. The summed E-state index contributed by atoms with van der Waals surface area (Å²) in [4.78, 5) is 22.6. The minimum atomic E-state index is -0.528. The van der Waals surface area contributed by atoms with Gasteiger partial charge in [0.25, 0.3) is 0 Å². The van der Waals surface area contributed by atoms with E-state index in [1.165, 1.54) is 7.11 Å². The van der Waals surface area contributed by atoms with Crippen LogP contribution in [0.3, 0.4) is 0 Å². The Bertz CT molecular complexity index is 531. The van der Waals surface area contributed by atoms with Crippen molar-refractivity contribution in [1.29, 1.82) is 0 Å². The monoisotopic (exact) mass is 294 g/mol. The molecule has 0 radical (unpaired) electrons. The first-order chi connectivity index (χ1) is 9.51. The van der Waals surface area contributed by atoms with E-state index in [0.29, 0.717) is 24.0 Å². The maximum atomic E-state index is 11.6. The van der Waals surface area contributed by atoms with Crippen LogP contribution in [-0.2, 0) is 4.74 Å². The number of carbonyl (C=O) groups excluding carboxylic acids is 1. The fourth-order valence-corrected chi connectivity index (χ4v) is 2.07.